The van der Waals surface area contributed by atoms with E-state index >= 15 is 0 Å². The lowest BCUT2D eigenvalue weighted by molar-refractivity contribution is -0.141. The van der Waals surface area contributed by atoms with Crippen LogP contribution in [0.15, 0.2) is 48.5 Å². The lowest BCUT2D eigenvalue weighted by atomic mass is 9.87. The van der Waals surface area contributed by atoms with Gasteiger partial charge in [0.05, 0.1) is 18.6 Å². The van der Waals surface area contributed by atoms with Crippen LogP contribution >= 0.6 is 0 Å². The van der Waals surface area contributed by atoms with Crippen LogP contribution in [0.3, 0.4) is 0 Å². The lowest BCUT2D eigenvalue weighted by Crippen LogP contribution is -2.28. The van der Waals surface area contributed by atoms with Crippen molar-refractivity contribution in [1.29, 1.82) is 0 Å². The first-order chi connectivity index (χ1) is 15.8. The molecule has 1 unspecified atom stereocenters. The minimum Gasteiger partial charge on any atom is -0.462 e. The monoisotopic (exact) mass is 452 g/mol. The molecular weight excluding hydrogens is 420 g/mol. The summed E-state index contributed by atoms with van der Waals surface area (Å²) in [5.74, 6) is -0.277. The molecule has 7 heteroatoms. The number of anilines is 2. The lowest BCUT2D eigenvalue weighted by Gasteiger charge is -2.26. The molecule has 0 spiro atoms. The molecule has 4 N–H and O–H groups in total. The van der Waals surface area contributed by atoms with Crippen LogP contribution in [0.25, 0.3) is 6.08 Å². The highest BCUT2D eigenvalue weighted by Gasteiger charge is 2.27. The fourth-order valence-electron chi connectivity index (χ4n) is 3.88. The zero-order valence-corrected chi connectivity index (χ0v) is 19.2. The fourth-order valence-corrected chi connectivity index (χ4v) is 3.88. The number of ether oxygens (including phenoxy) is 3. The van der Waals surface area contributed by atoms with Gasteiger partial charge in [0.2, 0.25) is 0 Å². The number of hydrogen-bond acceptors (Lipinski definition) is 7. The number of nitrogens with two attached hydrogens (primary N) is 2. The molecule has 0 aliphatic heterocycles. The average molecular weight is 453 g/mol. The fraction of sp³-hybridized carbons (Fsp3) is 0.385. The van der Waals surface area contributed by atoms with Crippen LogP contribution in [-0.4, -0.2) is 31.8 Å². The number of carbonyl (C=O) groups is 2. The van der Waals surface area contributed by atoms with Crippen LogP contribution < -0.4 is 16.2 Å². The topological polar surface area (TPSA) is 114 Å². The molecule has 1 atom stereocenters. The second kappa shape index (κ2) is 11.5. The average Bonchev–Trinajstić information content (AvgIpc) is 2.81. The Kier molecular flexibility index (Phi) is 8.49. The first-order valence-corrected chi connectivity index (χ1v) is 11.2. The van der Waals surface area contributed by atoms with E-state index in [9.17, 15) is 9.59 Å². The molecule has 0 amide bonds. The summed E-state index contributed by atoms with van der Waals surface area (Å²) in [6.07, 6.45) is 6.59. The smallest absolute Gasteiger partial charge is 0.330 e. The van der Waals surface area contributed by atoms with Crippen LogP contribution in [0.1, 0.15) is 49.7 Å². The second-order valence-corrected chi connectivity index (χ2v) is 8.50. The Bertz CT molecular complexity index is 958. The van der Waals surface area contributed by atoms with Crippen LogP contribution in [0.2, 0.25) is 0 Å². The quantitative estimate of drug-likeness (QED) is 0.265. The number of carbonyl (C=O) groups excluding carboxylic acids is 2. The van der Waals surface area contributed by atoms with Crippen molar-refractivity contribution in [3.63, 3.8) is 0 Å². The van der Waals surface area contributed by atoms with E-state index in [1.54, 1.807) is 43.5 Å². The molecule has 2 aromatic rings. The normalized spacial score (nSPS) is 19.2. The molecule has 33 heavy (non-hydrogen) atoms. The molecule has 1 aliphatic carbocycles. The summed E-state index contributed by atoms with van der Waals surface area (Å²) >= 11 is 0. The highest BCUT2D eigenvalue weighted by Crippen LogP contribution is 2.27. The van der Waals surface area contributed by atoms with Crippen LogP contribution in [0, 0.1) is 5.92 Å². The van der Waals surface area contributed by atoms with Crippen molar-refractivity contribution in [2.24, 2.45) is 5.92 Å². The number of benzene rings is 2. The highest BCUT2D eigenvalue weighted by molar-refractivity contribution is 5.87. The predicted octanol–water partition coefficient (Wildman–Crippen LogP) is 4.32. The Balaban J connectivity index is 1.45. The van der Waals surface area contributed by atoms with Gasteiger partial charge >= 0.3 is 11.9 Å². The Morgan fingerprint density at radius 1 is 1.03 bits per heavy atom. The van der Waals surface area contributed by atoms with Gasteiger partial charge in [0, 0.05) is 30.5 Å². The highest BCUT2D eigenvalue weighted by atomic mass is 16.5. The zero-order chi connectivity index (χ0) is 23.8. The summed E-state index contributed by atoms with van der Waals surface area (Å²) in [7, 11) is 1.71. The third kappa shape index (κ3) is 7.36. The summed E-state index contributed by atoms with van der Waals surface area (Å²) in [4.78, 5) is 24.5. The maximum absolute atomic E-state index is 12.4. The summed E-state index contributed by atoms with van der Waals surface area (Å²) in [5, 5.41) is 0. The molecule has 1 aliphatic rings. The van der Waals surface area contributed by atoms with Gasteiger partial charge in [-0.25, -0.2) is 4.79 Å². The molecule has 176 valence electrons. The van der Waals surface area contributed by atoms with E-state index in [1.807, 2.05) is 19.1 Å². The van der Waals surface area contributed by atoms with Gasteiger partial charge < -0.3 is 25.7 Å². The molecular formula is C26H32N2O5. The van der Waals surface area contributed by atoms with Crippen molar-refractivity contribution in [2.75, 3.05) is 25.2 Å². The van der Waals surface area contributed by atoms with E-state index in [1.165, 1.54) is 6.08 Å². The van der Waals surface area contributed by atoms with Crippen molar-refractivity contribution in [3.8, 4) is 5.75 Å². The van der Waals surface area contributed by atoms with Crippen LogP contribution in [0.5, 0.6) is 5.75 Å². The molecule has 7 nitrogen and oxygen atoms in total. The molecule has 1 fully saturated rings. The van der Waals surface area contributed by atoms with Gasteiger partial charge in [0.1, 0.15) is 5.75 Å². The Hall–Kier alpha value is -3.32. The second-order valence-electron chi connectivity index (χ2n) is 8.50. The summed E-state index contributed by atoms with van der Waals surface area (Å²) < 4.78 is 16.2. The standard InChI is InChI=1S/C26H32N2O5/c1-17(20-13-21(27)15-22(28)14-20)16-32-25(29)12-5-18-3-8-24(9-4-18)33-26(30)19-6-10-23(31-2)11-7-19/h3-5,8-9,12-15,17,19,23H,6-7,10-11,16,27-28H2,1-2H3/b12-5+. The third-order valence-electron chi connectivity index (χ3n) is 5.90. The molecule has 2 aromatic carbocycles. The van der Waals surface area contributed by atoms with Crippen LogP contribution in [-0.2, 0) is 19.1 Å². The molecule has 0 heterocycles. The largest absolute Gasteiger partial charge is 0.462 e. The molecule has 3 rings (SSSR count). The Labute approximate surface area is 194 Å². The van der Waals surface area contributed by atoms with Gasteiger partial charge in [0.15, 0.2) is 0 Å². The van der Waals surface area contributed by atoms with Crippen molar-refractivity contribution in [3.05, 3.63) is 59.7 Å². The minimum absolute atomic E-state index is 0.0355. The van der Waals surface area contributed by atoms with Gasteiger partial charge in [-0.15, -0.1) is 0 Å². The zero-order valence-electron chi connectivity index (χ0n) is 19.2. The van der Waals surface area contributed by atoms with Crippen molar-refractivity contribution >= 4 is 29.4 Å². The van der Waals surface area contributed by atoms with Crippen molar-refractivity contribution in [1.82, 2.24) is 0 Å². The maximum atomic E-state index is 12.4. The van der Waals surface area contributed by atoms with E-state index in [-0.39, 0.29) is 30.5 Å². The molecule has 0 radical (unpaired) electrons. The van der Waals surface area contributed by atoms with Gasteiger partial charge in [0.25, 0.3) is 0 Å². The predicted molar refractivity (Wildman–Crippen MR) is 129 cm³/mol. The summed E-state index contributed by atoms with van der Waals surface area (Å²) in [6, 6.07) is 12.3. The van der Waals surface area contributed by atoms with Gasteiger partial charge in [-0.2, -0.15) is 0 Å². The number of nitrogen functional groups attached to an aromatic ring is 2. The minimum atomic E-state index is -0.444. The third-order valence-corrected chi connectivity index (χ3v) is 5.90. The SMILES string of the molecule is COC1CCC(C(=O)Oc2ccc(/C=C/C(=O)OCC(C)c3cc(N)cc(N)c3)cc2)CC1. The van der Waals surface area contributed by atoms with Gasteiger partial charge in [-0.1, -0.05) is 19.1 Å². The summed E-state index contributed by atoms with van der Waals surface area (Å²) in [5.41, 5.74) is 14.5. The number of rotatable bonds is 8. The summed E-state index contributed by atoms with van der Waals surface area (Å²) in [6.45, 7) is 2.15. The maximum Gasteiger partial charge on any atom is 0.330 e. The first-order valence-electron chi connectivity index (χ1n) is 11.2. The Morgan fingerprint density at radius 2 is 1.67 bits per heavy atom. The van der Waals surface area contributed by atoms with Crippen LogP contribution in [0.4, 0.5) is 11.4 Å². The van der Waals surface area contributed by atoms with E-state index in [4.69, 9.17) is 25.7 Å². The molecule has 0 aromatic heterocycles. The van der Waals surface area contributed by atoms with Crippen molar-refractivity contribution < 1.29 is 23.8 Å². The van der Waals surface area contributed by atoms with E-state index in [0.29, 0.717) is 17.1 Å². The van der Waals surface area contributed by atoms with E-state index < -0.39 is 5.97 Å². The van der Waals surface area contributed by atoms with E-state index in [2.05, 4.69) is 0 Å². The number of esters is 2. The first kappa shape index (κ1) is 24.3. The number of hydrogen-bond donors (Lipinski definition) is 2. The molecule has 0 bridgehead atoms. The molecule has 1 saturated carbocycles. The van der Waals surface area contributed by atoms with E-state index in [0.717, 1.165) is 36.8 Å². The van der Waals surface area contributed by atoms with Gasteiger partial charge in [-0.05, 0) is 73.2 Å². The Morgan fingerprint density at radius 3 is 2.27 bits per heavy atom. The van der Waals surface area contributed by atoms with Gasteiger partial charge in [-0.3, -0.25) is 4.79 Å². The van der Waals surface area contributed by atoms with Crippen molar-refractivity contribution in [2.45, 2.75) is 44.6 Å². The molecule has 0 saturated heterocycles. The number of methoxy groups -OCH3 is 1.